The molecule has 0 saturated carbocycles. The molecule has 0 aliphatic carbocycles. The zero-order valence-corrected chi connectivity index (χ0v) is 11.3. The van der Waals surface area contributed by atoms with E-state index in [0.717, 1.165) is 0 Å². The molecule has 2 aliphatic rings. The first-order valence-corrected chi connectivity index (χ1v) is 6.76. The molecular weight excluding hydrogens is 259 g/mol. The van der Waals surface area contributed by atoms with Crippen LogP contribution in [0.4, 0.5) is 4.39 Å². The lowest BCUT2D eigenvalue weighted by Crippen LogP contribution is -2.59. The van der Waals surface area contributed by atoms with Crippen LogP contribution < -0.4 is 0 Å². The van der Waals surface area contributed by atoms with Gasteiger partial charge >= 0.3 is 0 Å². The van der Waals surface area contributed by atoms with E-state index < -0.39 is 11.4 Å². The summed E-state index contributed by atoms with van der Waals surface area (Å²) >= 11 is 0. The summed E-state index contributed by atoms with van der Waals surface area (Å²) in [7, 11) is 2.04. The lowest BCUT2D eigenvalue weighted by molar-refractivity contribution is -0.137. The average Bonchev–Trinajstić information content (AvgIpc) is 2.40. The molecule has 0 radical (unpaired) electrons. The van der Waals surface area contributed by atoms with Crippen LogP contribution in [0, 0.1) is 17.1 Å². The molecule has 3 rings (SSSR count). The fraction of sp³-hybridized carbons (Fsp3) is 0.533. The van der Waals surface area contributed by atoms with E-state index in [-0.39, 0.29) is 17.6 Å². The molecule has 2 saturated heterocycles. The highest BCUT2D eigenvalue weighted by Gasteiger charge is 2.46. The number of likely N-dealkylation sites (N-methyl/N-ethyl adjacent to an activating group) is 1. The van der Waals surface area contributed by atoms with Gasteiger partial charge in [0.15, 0.2) is 0 Å². The lowest BCUT2D eigenvalue weighted by atomic mass is 9.75. The Morgan fingerprint density at radius 3 is 2.65 bits per heavy atom. The van der Waals surface area contributed by atoms with Crippen LogP contribution in [0.3, 0.4) is 0 Å². The number of rotatable bonds is 1. The van der Waals surface area contributed by atoms with E-state index in [2.05, 4.69) is 4.90 Å². The van der Waals surface area contributed by atoms with E-state index in [1.54, 1.807) is 0 Å². The van der Waals surface area contributed by atoms with Gasteiger partial charge in [0.1, 0.15) is 5.82 Å². The molecule has 2 unspecified atom stereocenters. The van der Waals surface area contributed by atoms with Crippen LogP contribution in [0.25, 0.3) is 0 Å². The summed E-state index contributed by atoms with van der Waals surface area (Å²) < 4.78 is 18.8. The van der Waals surface area contributed by atoms with Gasteiger partial charge in [-0.05, 0) is 32.0 Å². The second-order valence-corrected chi connectivity index (χ2v) is 5.75. The number of halogens is 1. The number of benzene rings is 1. The molecule has 2 fully saturated rings. The highest BCUT2D eigenvalue weighted by Crippen LogP contribution is 2.41. The minimum atomic E-state index is -1.08. The average molecular weight is 276 g/mol. The molecular formula is C15H17FN2O2. The summed E-state index contributed by atoms with van der Waals surface area (Å²) in [6, 6.07) is 6.28. The number of ether oxygens (including phenoxy) is 1. The molecule has 5 heteroatoms. The van der Waals surface area contributed by atoms with Crippen molar-refractivity contribution in [2.24, 2.45) is 0 Å². The van der Waals surface area contributed by atoms with E-state index in [0.29, 0.717) is 31.6 Å². The van der Waals surface area contributed by atoms with Gasteiger partial charge in [-0.1, -0.05) is 6.07 Å². The molecule has 0 spiro atoms. The van der Waals surface area contributed by atoms with Gasteiger partial charge in [-0.2, -0.15) is 5.26 Å². The monoisotopic (exact) mass is 276 g/mol. The Morgan fingerprint density at radius 2 is 2.05 bits per heavy atom. The third kappa shape index (κ3) is 2.10. The van der Waals surface area contributed by atoms with Crippen molar-refractivity contribution in [1.29, 1.82) is 5.26 Å². The maximum Gasteiger partial charge on any atom is 0.124 e. The third-order valence-electron chi connectivity index (χ3n) is 4.52. The van der Waals surface area contributed by atoms with Crippen molar-refractivity contribution in [3.63, 3.8) is 0 Å². The van der Waals surface area contributed by atoms with Gasteiger partial charge in [0, 0.05) is 17.6 Å². The molecule has 2 heterocycles. The van der Waals surface area contributed by atoms with E-state index in [9.17, 15) is 14.8 Å². The van der Waals surface area contributed by atoms with Crippen molar-refractivity contribution in [3.8, 4) is 6.07 Å². The van der Waals surface area contributed by atoms with Crippen LogP contribution in [0.1, 0.15) is 24.0 Å². The SMILES string of the molecule is CN1C2COCC1CC(O)(c1ccc(F)cc1C#N)C2. The van der Waals surface area contributed by atoms with E-state index in [1.165, 1.54) is 18.2 Å². The molecule has 2 aliphatic heterocycles. The summed E-state index contributed by atoms with van der Waals surface area (Å²) in [4.78, 5) is 2.23. The first-order valence-electron chi connectivity index (χ1n) is 6.76. The number of piperidine rings is 1. The van der Waals surface area contributed by atoms with Crippen LogP contribution >= 0.6 is 0 Å². The van der Waals surface area contributed by atoms with Crippen molar-refractivity contribution in [2.75, 3.05) is 20.3 Å². The summed E-state index contributed by atoms with van der Waals surface area (Å²) in [5.41, 5.74) is -0.327. The summed E-state index contributed by atoms with van der Waals surface area (Å²) in [6.45, 7) is 1.16. The Hall–Kier alpha value is -1.48. The van der Waals surface area contributed by atoms with Crippen LogP contribution in [0.5, 0.6) is 0 Å². The van der Waals surface area contributed by atoms with Gasteiger partial charge in [-0.15, -0.1) is 0 Å². The van der Waals surface area contributed by atoms with Gasteiger partial charge < -0.3 is 9.84 Å². The quantitative estimate of drug-likeness (QED) is 0.842. The highest BCUT2D eigenvalue weighted by atomic mass is 19.1. The maximum atomic E-state index is 13.3. The number of morpholine rings is 1. The topological polar surface area (TPSA) is 56.5 Å². The summed E-state index contributed by atoms with van der Waals surface area (Å²) in [5, 5.41) is 20.2. The van der Waals surface area contributed by atoms with Crippen LogP contribution in [-0.2, 0) is 10.3 Å². The minimum Gasteiger partial charge on any atom is -0.385 e. The lowest BCUT2D eigenvalue weighted by Gasteiger charge is -2.50. The van der Waals surface area contributed by atoms with Crippen LogP contribution in [-0.4, -0.2) is 42.4 Å². The van der Waals surface area contributed by atoms with Crippen molar-refractivity contribution in [2.45, 2.75) is 30.5 Å². The minimum absolute atomic E-state index is 0.129. The first-order chi connectivity index (χ1) is 9.53. The van der Waals surface area contributed by atoms with E-state index in [1.807, 2.05) is 13.1 Å². The number of hydrogen-bond acceptors (Lipinski definition) is 4. The molecule has 0 amide bonds. The van der Waals surface area contributed by atoms with Gasteiger partial charge in [-0.3, -0.25) is 4.90 Å². The van der Waals surface area contributed by atoms with Crippen molar-refractivity contribution < 1.29 is 14.2 Å². The molecule has 106 valence electrons. The zero-order chi connectivity index (χ0) is 14.3. The van der Waals surface area contributed by atoms with Gasteiger partial charge in [-0.25, -0.2) is 4.39 Å². The Bertz CT molecular complexity index is 555. The number of nitriles is 1. The maximum absolute atomic E-state index is 13.3. The molecule has 1 aromatic carbocycles. The summed E-state index contributed by atoms with van der Waals surface area (Å²) in [5.74, 6) is -0.453. The Labute approximate surface area is 117 Å². The molecule has 0 aromatic heterocycles. The predicted octanol–water partition coefficient (Wildman–Crippen LogP) is 1.38. The summed E-state index contributed by atoms with van der Waals surface area (Å²) in [6.07, 6.45) is 1.00. The molecule has 20 heavy (non-hydrogen) atoms. The van der Waals surface area contributed by atoms with E-state index in [4.69, 9.17) is 4.74 Å². The van der Waals surface area contributed by atoms with Crippen molar-refractivity contribution in [1.82, 2.24) is 4.90 Å². The highest BCUT2D eigenvalue weighted by molar-refractivity contribution is 5.42. The van der Waals surface area contributed by atoms with Gasteiger partial charge in [0.25, 0.3) is 0 Å². The molecule has 2 bridgehead atoms. The molecule has 1 N–H and O–H groups in total. The number of aliphatic hydroxyl groups is 1. The Morgan fingerprint density at radius 1 is 1.40 bits per heavy atom. The zero-order valence-electron chi connectivity index (χ0n) is 11.3. The molecule has 4 nitrogen and oxygen atoms in total. The molecule has 1 aromatic rings. The van der Waals surface area contributed by atoms with Gasteiger partial charge in [0.2, 0.25) is 0 Å². The third-order valence-corrected chi connectivity index (χ3v) is 4.52. The Balaban J connectivity index is 1.99. The molecule has 2 atom stereocenters. The number of fused-ring (bicyclic) bond motifs is 2. The normalized spacial score (nSPS) is 33.7. The first kappa shape index (κ1) is 13.5. The second kappa shape index (κ2) is 4.81. The fourth-order valence-electron chi connectivity index (χ4n) is 3.38. The second-order valence-electron chi connectivity index (χ2n) is 5.75. The standard InChI is InChI=1S/C15H17FN2O2/c1-18-12-5-15(19,6-13(18)9-20-8-12)14-3-2-11(16)4-10(14)7-17/h2-4,12-13,19H,5-6,8-9H2,1H3. The number of nitrogens with zero attached hydrogens (tertiary/aromatic N) is 2. The largest absolute Gasteiger partial charge is 0.385 e. The number of hydrogen-bond donors (Lipinski definition) is 1. The van der Waals surface area contributed by atoms with Crippen LogP contribution in [0.2, 0.25) is 0 Å². The van der Waals surface area contributed by atoms with E-state index >= 15 is 0 Å². The smallest absolute Gasteiger partial charge is 0.124 e. The fourth-order valence-corrected chi connectivity index (χ4v) is 3.38. The van der Waals surface area contributed by atoms with Gasteiger partial charge in [0.05, 0.1) is 30.4 Å². The predicted molar refractivity (Wildman–Crippen MR) is 70.4 cm³/mol. The van der Waals surface area contributed by atoms with Crippen molar-refractivity contribution >= 4 is 0 Å². The van der Waals surface area contributed by atoms with Crippen molar-refractivity contribution in [3.05, 3.63) is 35.1 Å². The van der Waals surface area contributed by atoms with Crippen LogP contribution in [0.15, 0.2) is 18.2 Å². The Kier molecular flexibility index (Phi) is 3.25.